The molecule has 1 atom stereocenters. The first kappa shape index (κ1) is 18.3. The predicted molar refractivity (Wildman–Crippen MR) is 90.3 cm³/mol. The van der Waals surface area contributed by atoms with Crippen LogP contribution in [0.5, 0.6) is 5.75 Å². The summed E-state index contributed by atoms with van der Waals surface area (Å²) in [5.74, 6) is 0.769. The summed E-state index contributed by atoms with van der Waals surface area (Å²) in [5.41, 5.74) is 1.15. The maximum atomic E-state index is 12.4. The summed E-state index contributed by atoms with van der Waals surface area (Å²) < 4.78 is 6.68. The van der Waals surface area contributed by atoms with Crippen molar-refractivity contribution >= 4 is 34.2 Å². The second-order valence-electron chi connectivity index (χ2n) is 5.12. The first-order chi connectivity index (χ1) is 9.58. The number of carbonyl (C=O) groups excluding carboxylic acids is 1. The molecule has 1 fully saturated rings. The lowest BCUT2D eigenvalue weighted by Crippen LogP contribution is -2.42. The van der Waals surface area contributed by atoms with Gasteiger partial charge in [-0.1, -0.05) is 6.07 Å². The van der Waals surface area contributed by atoms with Crippen LogP contribution in [0, 0.1) is 6.92 Å². The molecule has 1 heterocycles. The largest absolute Gasteiger partial charge is 0.480 e. The van der Waals surface area contributed by atoms with Crippen molar-refractivity contribution in [1.82, 2.24) is 10.2 Å². The Morgan fingerprint density at radius 3 is 2.86 bits per heavy atom. The molecule has 1 aliphatic heterocycles. The first-order valence-electron chi connectivity index (χ1n) is 7.00. The third-order valence-corrected chi connectivity index (χ3v) is 4.01. The van der Waals surface area contributed by atoms with Crippen LogP contribution in [-0.2, 0) is 4.79 Å². The fourth-order valence-corrected chi connectivity index (χ4v) is 2.85. The van der Waals surface area contributed by atoms with Crippen LogP contribution in [0.1, 0.15) is 18.9 Å². The van der Waals surface area contributed by atoms with E-state index < -0.39 is 6.10 Å². The minimum absolute atomic E-state index is 0. The van der Waals surface area contributed by atoms with Gasteiger partial charge in [0.2, 0.25) is 0 Å². The van der Waals surface area contributed by atoms with Gasteiger partial charge in [-0.3, -0.25) is 4.79 Å². The van der Waals surface area contributed by atoms with E-state index in [0.29, 0.717) is 5.75 Å². The molecule has 1 amide bonds. The summed E-state index contributed by atoms with van der Waals surface area (Å²) in [4.78, 5) is 14.3. The van der Waals surface area contributed by atoms with Crippen LogP contribution < -0.4 is 10.1 Å². The number of ether oxygens (including phenoxy) is 1. The number of amides is 1. The fraction of sp³-hybridized carbons (Fsp3) is 0.533. The van der Waals surface area contributed by atoms with Gasteiger partial charge >= 0.3 is 0 Å². The van der Waals surface area contributed by atoms with Crippen molar-refractivity contribution in [3.05, 3.63) is 28.2 Å². The molecular weight excluding hydrogens is 356 g/mol. The second-order valence-corrected chi connectivity index (χ2v) is 5.98. The van der Waals surface area contributed by atoms with Crippen LogP contribution in [0.4, 0.5) is 0 Å². The molecule has 4 nitrogen and oxygen atoms in total. The van der Waals surface area contributed by atoms with E-state index in [0.717, 1.165) is 42.6 Å². The van der Waals surface area contributed by atoms with Crippen molar-refractivity contribution in [3.63, 3.8) is 0 Å². The molecule has 0 aromatic heterocycles. The molecule has 1 N–H and O–H groups in total. The Morgan fingerprint density at radius 2 is 2.14 bits per heavy atom. The lowest BCUT2D eigenvalue weighted by Gasteiger charge is -2.24. The number of benzene rings is 1. The zero-order chi connectivity index (χ0) is 14.5. The predicted octanol–water partition coefficient (Wildman–Crippen LogP) is 2.77. The van der Waals surface area contributed by atoms with Crippen molar-refractivity contribution in [2.24, 2.45) is 0 Å². The molecule has 0 saturated carbocycles. The molecule has 2 rings (SSSR count). The van der Waals surface area contributed by atoms with E-state index in [2.05, 4.69) is 21.2 Å². The first-order valence-corrected chi connectivity index (χ1v) is 7.79. The molecule has 0 radical (unpaired) electrons. The van der Waals surface area contributed by atoms with Crippen LogP contribution in [0.3, 0.4) is 0 Å². The van der Waals surface area contributed by atoms with Gasteiger partial charge in [-0.2, -0.15) is 0 Å². The molecule has 6 heteroatoms. The molecule has 118 valence electrons. The Bertz CT molecular complexity index is 477. The molecule has 1 aromatic carbocycles. The topological polar surface area (TPSA) is 41.6 Å². The zero-order valence-electron chi connectivity index (χ0n) is 12.4. The average molecular weight is 378 g/mol. The minimum atomic E-state index is -0.466. The van der Waals surface area contributed by atoms with Crippen LogP contribution >= 0.6 is 28.3 Å². The average Bonchev–Trinajstić information content (AvgIpc) is 2.70. The number of nitrogens with zero attached hydrogens (tertiary/aromatic N) is 1. The van der Waals surface area contributed by atoms with Crippen molar-refractivity contribution < 1.29 is 9.53 Å². The van der Waals surface area contributed by atoms with Crippen LogP contribution in [0.25, 0.3) is 0 Å². The smallest absolute Gasteiger partial charge is 0.263 e. The number of rotatable bonds is 3. The van der Waals surface area contributed by atoms with Crippen molar-refractivity contribution in [2.75, 3.05) is 26.2 Å². The van der Waals surface area contributed by atoms with Gasteiger partial charge in [-0.15, -0.1) is 12.4 Å². The second kappa shape index (κ2) is 8.61. The van der Waals surface area contributed by atoms with Gasteiger partial charge in [0.05, 0.1) is 4.47 Å². The number of hydrogen-bond acceptors (Lipinski definition) is 3. The Labute approximate surface area is 140 Å². The number of aryl methyl sites for hydroxylation is 1. The van der Waals surface area contributed by atoms with Crippen LogP contribution in [0.2, 0.25) is 0 Å². The Balaban J connectivity index is 0.00000220. The van der Waals surface area contributed by atoms with Crippen LogP contribution in [0.15, 0.2) is 22.7 Å². The van der Waals surface area contributed by atoms with Crippen LogP contribution in [-0.4, -0.2) is 43.1 Å². The standard InChI is InChI=1S/C15H21BrN2O2.ClH/c1-11-4-5-14(13(16)10-11)20-12(2)15(19)18-8-3-6-17-7-9-18;/h4-5,10,12,17H,3,6-9H2,1-2H3;1H. The third-order valence-electron chi connectivity index (χ3n) is 3.39. The summed E-state index contributed by atoms with van der Waals surface area (Å²) in [6.45, 7) is 7.21. The quantitative estimate of drug-likeness (QED) is 0.880. The Hall–Kier alpha value is -0.780. The van der Waals surface area contributed by atoms with E-state index >= 15 is 0 Å². The Morgan fingerprint density at radius 1 is 1.38 bits per heavy atom. The van der Waals surface area contributed by atoms with Crippen molar-refractivity contribution in [3.8, 4) is 5.75 Å². The molecule has 1 aromatic rings. The van der Waals surface area contributed by atoms with E-state index in [-0.39, 0.29) is 18.3 Å². The highest BCUT2D eigenvalue weighted by Gasteiger charge is 2.23. The molecule has 1 unspecified atom stereocenters. The van der Waals surface area contributed by atoms with Gasteiger partial charge < -0.3 is 15.0 Å². The highest BCUT2D eigenvalue weighted by Crippen LogP contribution is 2.26. The minimum Gasteiger partial charge on any atom is -0.480 e. The van der Waals surface area contributed by atoms with Crippen molar-refractivity contribution in [2.45, 2.75) is 26.4 Å². The summed E-state index contributed by atoms with van der Waals surface area (Å²) in [5, 5.41) is 3.29. The number of hydrogen-bond donors (Lipinski definition) is 1. The van der Waals surface area contributed by atoms with E-state index in [4.69, 9.17) is 4.74 Å². The number of carbonyl (C=O) groups is 1. The lowest BCUT2D eigenvalue weighted by atomic mass is 10.2. The summed E-state index contributed by atoms with van der Waals surface area (Å²) in [6.07, 6.45) is 0.527. The molecule has 0 spiro atoms. The lowest BCUT2D eigenvalue weighted by molar-refractivity contribution is -0.137. The van der Waals surface area contributed by atoms with E-state index in [1.165, 1.54) is 0 Å². The third kappa shape index (κ3) is 5.16. The normalized spacial score (nSPS) is 16.6. The highest BCUT2D eigenvalue weighted by atomic mass is 79.9. The fourth-order valence-electron chi connectivity index (χ4n) is 2.27. The molecule has 1 saturated heterocycles. The van der Waals surface area contributed by atoms with Crippen molar-refractivity contribution in [1.29, 1.82) is 0 Å². The van der Waals surface area contributed by atoms with E-state index in [1.54, 1.807) is 0 Å². The summed E-state index contributed by atoms with van der Waals surface area (Å²) in [7, 11) is 0. The maximum absolute atomic E-state index is 12.4. The number of halogens is 2. The highest BCUT2D eigenvalue weighted by molar-refractivity contribution is 9.10. The van der Waals surface area contributed by atoms with Gasteiger partial charge in [0.1, 0.15) is 5.75 Å². The van der Waals surface area contributed by atoms with Gasteiger partial charge in [0.25, 0.3) is 5.91 Å². The molecule has 1 aliphatic rings. The van der Waals surface area contributed by atoms with Gasteiger partial charge in [0, 0.05) is 19.6 Å². The zero-order valence-corrected chi connectivity index (χ0v) is 14.8. The van der Waals surface area contributed by atoms with Gasteiger partial charge in [0.15, 0.2) is 6.10 Å². The van der Waals surface area contributed by atoms with E-state index in [1.807, 2.05) is 36.9 Å². The Kier molecular flexibility index (Phi) is 7.49. The van der Waals surface area contributed by atoms with Gasteiger partial charge in [-0.05, 0) is 60.4 Å². The SMILES string of the molecule is Cc1ccc(OC(C)C(=O)N2CCCNCC2)c(Br)c1.Cl. The molecule has 0 bridgehead atoms. The summed E-state index contributed by atoms with van der Waals surface area (Å²) in [6, 6.07) is 5.86. The monoisotopic (exact) mass is 376 g/mol. The maximum Gasteiger partial charge on any atom is 0.263 e. The number of nitrogens with one attached hydrogen (secondary N) is 1. The molecular formula is C15H22BrClN2O2. The molecule has 21 heavy (non-hydrogen) atoms. The summed E-state index contributed by atoms with van der Waals surface area (Å²) >= 11 is 3.47. The van der Waals surface area contributed by atoms with Gasteiger partial charge in [-0.25, -0.2) is 0 Å². The molecule has 0 aliphatic carbocycles. The van der Waals surface area contributed by atoms with E-state index in [9.17, 15) is 4.79 Å².